The van der Waals surface area contributed by atoms with Gasteiger partial charge in [-0.25, -0.2) is 4.79 Å². The molecule has 0 bridgehead atoms. The summed E-state index contributed by atoms with van der Waals surface area (Å²) in [6, 6.07) is 14.4. The van der Waals surface area contributed by atoms with Crippen molar-refractivity contribution in [2.75, 3.05) is 6.61 Å². The summed E-state index contributed by atoms with van der Waals surface area (Å²) in [6.45, 7) is 4.32. The second kappa shape index (κ2) is 8.22. The number of Topliss-reactive ketones (excluding diaryl/α,β-unsaturated/α-hetero) is 1. The van der Waals surface area contributed by atoms with Gasteiger partial charge in [0.15, 0.2) is 5.78 Å². The van der Waals surface area contributed by atoms with Crippen molar-refractivity contribution in [3.8, 4) is 5.75 Å². The molecule has 27 heavy (non-hydrogen) atoms. The molecule has 0 radical (unpaired) electrons. The Labute approximate surface area is 157 Å². The summed E-state index contributed by atoms with van der Waals surface area (Å²) >= 11 is 0. The van der Waals surface area contributed by atoms with E-state index in [1.54, 1.807) is 33.4 Å². The predicted molar refractivity (Wildman–Crippen MR) is 104 cm³/mol. The number of benzene rings is 2. The quantitative estimate of drug-likeness (QED) is 0.621. The van der Waals surface area contributed by atoms with Crippen LogP contribution in [-0.2, 0) is 13.1 Å². The molecule has 0 fully saturated rings. The Hall–Kier alpha value is -2.86. The molecular weight excluding hydrogens is 344 g/mol. The Morgan fingerprint density at radius 3 is 2.48 bits per heavy atom. The van der Waals surface area contributed by atoms with Gasteiger partial charge >= 0.3 is 5.69 Å². The van der Waals surface area contributed by atoms with Crippen LogP contribution in [0.5, 0.6) is 5.75 Å². The lowest BCUT2D eigenvalue weighted by Crippen LogP contribution is -2.31. The molecular formula is C21H24N2O4. The van der Waals surface area contributed by atoms with Gasteiger partial charge in [0.05, 0.1) is 17.6 Å². The number of nitrogens with zero attached hydrogens (tertiary/aromatic N) is 2. The van der Waals surface area contributed by atoms with Crippen LogP contribution in [-0.4, -0.2) is 32.7 Å². The van der Waals surface area contributed by atoms with Crippen LogP contribution in [0.15, 0.2) is 53.3 Å². The number of carbonyl (C=O) groups is 1. The molecule has 1 N–H and O–H groups in total. The number of aryl methyl sites for hydroxylation is 1. The van der Waals surface area contributed by atoms with Crippen LogP contribution in [0, 0.1) is 0 Å². The number of para-hydroxylation sites is 2. The summed E-state index contributed by atoms with van der Waals surface area (Å²) < 4.78 is 8.94. The molecule has 6 nitrogen and oxygen atoms in total. The fourth-order valence-electron chi connectivity index (χ4n) is 3.15. The Kier molecular flexibility index (Phi) is 5.76. The lowest BCUT2D eigenvalue weighted by atomic mass is 10.1. The minimum absolute atomic E-state index is 0.0289. The zero-order valence-corrected chi connectivity index (χ0v) is 15.6. The first-order chi connectivity index (χ1) is 13.0. The van der Waals surface area contributed by atoms with E-state index in [1.165, 1.54) is 6.92 Å². The molecule has 0 spiro atoms. The number of aromatic nitrogens is 2. The summed E-state index contributed by atoms with van der Waals surface area (Å²) in [4.78, 5) is 24.2. The molecule has 1 heterocycles. The fourth-order valence-corrected chi connectivity index (χ4v) is 3.15. The third-order valence-electron chi connectivity index (χ3n) is 4.45. The minimum Gasteiger partial charge on any atom is -0.491 e. The number of imidazole rings is 1. The molecule has 0 aliphatic rings. The maximum atomic E-state index is 12.7. The van der Waals surface area contributed by atoms with Crippen LogP contribution >= 0.6 is 0 Å². The third kappa shape index (κ3) is 4.11. The molecule has 0 saturated carbocycles. The number of ether oxygens (including phenoxy) is 1. The Morgan fingerprint density at radius 1 is 1.11 bits per heavy atom. The van der Waals surface area contributed by atoms with E-state index in [1.807, 2.05) is 31.2 Å². The van der Waals surface area contributed by atoms with Gasteiger partial charge in [-0.05, 0) is 37.6 Å². The van der Waals surface area contributed by atoms with Crippen molar-refractivity contribution in [1.82, 2.24) is 9.13 Å². The van der Waals surface area contributed by atoms with Gasteiger partial charge in [-0.2, -0.15) is 0 Å². The molecule has 1 unspecified atom stereocenters. The van der Waals surface area contributed by atoms with Gasteiger partial charge in [0, 0.05) is 12.1 Å². The normalized spacial score (nSPS) is 12.3. The highest BCUT2D eigenvalue weighted by molar-refractivity contribution is 5.94. The van der Waals surface area contributed by atoms with Crippen molar-refractivity contribution >= 4 is 16.8 Å². The van der Waals surface area contributed by atoms with Gasteiger partial charge in [-0.15, -0.1) is 0 Å². The summed E-state index contributed by atoms with van der Waals surface area (Å²) in [7, 11) is 0. The van der Waals surface area contributed by atoms with Gasteiger partial charge in [0.1, 0.15) is 18.5 Å². The number of ketones is 1. The number of carbonyl (C=O) groups excluding carboxylic acids is 1. The summed E-state index contributed by atoms with van der Waals surface area (Å²) in [5.41, 5.74) is 2.09. The van der Waals surface area contributed by atoms with E-state index in [9.17, 15) is 14.7 Å². The first-order valence-corrected chi connectivity index (χ1v) is 9.11. The van der Waals surface area contributed by atoms with Gasteiger partial charge < -0.3 is 9.84 Å². The Bertz CT molecular complexity index is 1000. The Morgan fingerprint density at radius 2 is 1.81 bits per heavy atom. The molecule has 142 valence electrons. The largest absolute Gasteiger partial charge is 0.491 e. The van der Waals surface area contributed by atoms with Gasteiger partial charge in [-0.1, -0.05) is 31.2 Å². The highest BCUT2D eigenvalue weighted by Gasteiger charge is 2.16. The molecule has 6 heteroatoms. The van der Waals surface area contributed by atoms with E-state index in [4.69, 9.17) is 4.74 Å². The van der Waals surface area contributed by atoms with Crippen LogP contribution in [0.1, 0.15) is 30.6 Å². The lowest BCUT2D eigenvalue weighted by Gasteiger charge is -2.13. The van der Waals surface area contributed by atoms with Crippen molar-refractivity contribution in [1.29, 1.82) is 0 Å². The van der Waals surface area contributed by atoms with Gasteiger partial charge in [0.25, 0.3) is 0 Å². The highest BCUT2D eigenvalue weighted by atomic mass is 16.5. The molecule has 0 saturated heterocycles. The van der Waals surface area contributed by atoms with E-state index >= 15 is 0 Å². The zero-order valence-electron chi connectivity index (χ0n) is 15.6. The Balaban J connectivity index is 1.76. The molecule has 1 atom stereocenters. The molecule has 0 amide bonds. The molecule has 2 aromatic carbocycles. The van der Waals surface area contributed by atoms with E-state index in [-0.39, 0.29) is 24.6 Å². The van der Waals surface area contributed by atoms with Crippen LogP contribution in [0.4, 0.5) is 0 Å². The number of hydrogen-bond donors (Lipinski definition) is 1. The number of hydrogen-bond acceptors (Lipinski definition) is 4. The first kappa shape index (κ1) is 18.9. The van der Waals surface area contributed by atoms with E-state index in [0.717, 1.165) is 17.5 Å². The number of aliphatic hydroxyl groups excluding tert-OH is 1. The second-order valence-electron chi connectivity index (χ2n) is 6.58. The van der Waals surface area contributed by atoms with Crippen molar-refractivity contribution in [2.45, 2.75) is 39.5 Å². The predicted octanol–water partition coefficient (Wildman–Crippen LogP) is 2.86. The zero-order chi connectivity index (χ0) is 19.4. The smallest absolute Gasteiger partial charge is 0.329 e. The number of fused-ring (bicyclic) bond motifs is 1. The van der Waals surface area contributed by atoms with E-state index in [0.29, 0.717) is 17.9 Å². The highest BCUT2D eigenvalue weighted by Crippen LogP contribution is 2.16. The average Bonchev–Trinajstić information content (AvgIpc) is 2.93. The number of rotatable bonds is 8. The van der Waals surface area contributed by atoms with Gasteiger partial charge in [0.2, 0.25) is 0 Å². The fraction of sp³-hybridized carbons (Fsp3) is 0.333. The van der Waals surface area contributed by atoms with E-state index in [2.05, 4.69) is 0 Å². The maximum absolute atomic E-state index is 12.7. The van der Waals surface area contributed by atoms with Gasteiger partial charge in [-0.3, -0.25) is 13.9 Å². The lowest BCUT2D eigenvalue weighted by molar-refractivity contribution is 0.0923. The summed E-state index contributed by atoms with van der Waals surface area (Å²) in [5, 5.41) is 10.4. The van der Waals surface area contributed by atoms with Crippen LogP contribution in [0.2, 0.25) is 0 Å². The standard InChI is InChI=1S/C21H24N2O4/c1-3-11-22-19-9-4-5-10-20(19)23(21(22)26)13-17(25)14-27-18-8-6-7-16(12-18)15(2)24/h4-10,12,17,25H,3,11,13-14H2,1-2H3. The second-order valence-corrected chi connectivity index (χ2v) is 6.58. The third-order valence-corrected chi connectivity index (χ3v) is 4.45. The SMILES string of the molecule is CCCn1c(=O)n(CC(O)COc2cccc(C(C)=O)c2)c2ccccc21. The molecule has 0 aliphatic carbocycles. The summed E-state index contributed by atoms with van der Waals surface area (Å²) in [6.07, 6.45) is -0.00364. The molecule has 0 aliphatic heterocycles. The van der Waals surface area contributed by atoms with Crippen LogP contribution in [0.3, 0.4) is 0 Å². The van der Waals surface area contributed by atoms with Crippen LogP contribution in [0.25, 0.3) is 11.0 Å². The summed E-state index contributed by atoms with van der Waals surface area (Å²) in [5.74, 6) is 0.471. The maximum Gasteiger partial charge on any atom is 0.329 e. The topological polar surface area (TPSA) is 73.5 Å². The minimum atomic E-state index is -0.857. The molecule has 3 rings (SSSR count). The van der Waals surface area contributed by atoms with Crippen LogP contribution < -0.4 is 10.4 Å². The van der Waals surface area contributed by atoms with Crippen molar-refractivity contribution < 1.29 is 14.6 Å². The average molecular weight is 368 g/mol. The monoisotopic (exact) mass is 368 g/mol. The number of aliphatic hydroxyl groups is 1. The molecule has 3 aromatic rings. The molecule has 1 aromatic heterocycles. The first-order valence-electron chi connectivity index (χ1n) is 9.11. The van der Waals surface area contributed by atoms with Crippen molar-refractivity contribution in [3.63, 3.8) is 0 Å². The van der Waals surface area contributed by atoms with E-state index < -0.39 is 6.10 Å². The van der Waals surface area contributed by atoms with Crippen molar-refractivity contribution in [2.24, 2.45) is 0 Å². The van der Waals surface area contributed by atoms with Crippen molar-refractivity contribution in [3.05, 3.63) is 64.6 Å².